The molecule has 2 aliphatic rings. The SMILES string of the molecule is Cc1oc(-c2ccccc2)nc1CC(=O)N[C@H]1Cc2ccc(cc2)OCCNC(=O)Cn2nc(-c3ccccc3)nc2[C@H](C)NC(=O)[C@H](CO)NC1=O. The quantitative estimate of drug-likeness (QED) is 0.173. The van der Waals surface area contributed by atoms with E-state index in [0.29, 0.717) is 40.0 Å². The summed E-state index contributed by atoms with van der Waals surface area (Å²) in [7, 11) is 0. The van der Waals surface area contributed by atoms with Crippen molar-refractivity contribution in [2.75, 3.05) is 19.8 Å². The molecule has 0 aliphatic carbocycles. The maximum atomic E-state index is 13.8. The van der Waals surface area contributed by atoms with Crippen LogP contribution in [-0.4, -0.2) is 80.3 Å². The summed E-state index contributed by atoms with van der Waals surface area (Å²) in [5.74, 6) is -0.230. The van der Waals surface area contributed by atoms with Crippen LogP contribution in [0.15, 0.2) is 89.3 Å². The molecular weight excluding hydrogens is 680 g/mol. The Morgan fingerprint density at radius 2 is 1.62 bits per heavy atom. The molecule has 15 nitrogen and oxygen atoms in total. The number of carbonyl (C=O) groups excluding carboxylic acids is 4. The molecule has 5 N–H and O–H groups in total. The molecule has 5 aromatic rings. The molecule has 15 heteroatoms. The molecule has 4 amide bonds. The van der Waals surface area contributed by atoms with Crippen LogP contribution in [0.3, 0.4) is 0 Å². The summed E-state index contributed by atoms with van der Waals surface area (Å²) in [6.45, 7) is 2.85. The number of aryl methyl sites for hydroxylation is 1. The van der Waals surface area contributed by atoms with Gasteiger partial charge in [-0.05, 0) is 43.7 Å². The van der Waals surface area contributed by atoms with Crippen LogP contribution in [0.5, 0.6) is 5.75 Å². The Morgan fingerprint density at radius 1 is 0.925 bits per heavy atom. The second-order valence-electron chi connectivity index (χ2n) is 12.5. The summed E-state index contributed by atoms with van der Waals surface area (Å²) in [4.78, 5) is 62.7. The fraction of sp³-hybridized carbons (Fsp3) is 0.289. The van der Waals surface area contributed by atoms with E-state index >= 15 is 0 Å². The van der Waals surface area contributed by atoms with Crippen molar-refractivity contribution < 1.29 is 33.4 Å². The zero-order valence-corrected chi connectivity index (χ0v) is 29.2. The first-order chi connectivity index (χ1) is 25.7. The van der Waals surface area contributed by atoms with Crippen molar-refractivity contribution in [2.45, 2.75) is 51.4 Å². The van der Waals surface area contributed by atoms with Crippen molar-refractivity contribution in [3.05, 3.63) is 108 Å². The van der Waals surface area contributed by atoms with Gasteiger partial charge in [0.1, 0.15) is 42.6 Å². The van der Waals surface area contributed by atoms with Crippen molar-refractivity contribution in [1.82, 2.24) is 41.0 Å². The van der Waals surface area contributed by atoms with Crippen molar-refractivity contribution in [1.29, 1.82) is 0 Å². The van der Waals surface area contributed by atoms with E-state index in [1.807, 2.05) is 60.7 Å². The second-order valence-corrected chi connectivity index (χ2v) is 12.5. The highest BCUT2D eigenvalue weighted by molar-refractivity contribution is 5.92. The number of aliphatic hydroxyl groups excluding tert-OH is 1. The Balaban J connectivity index is 1.23. The molecule has 2 aromatic heterocycles. The fourth-order valence-electron chi connectivity index (χ4n) is 5.76. The van der Waals surface area contributed by atoms with E-state index < -0.39 is 42.5 Å². The van der Waals surface area contributed by atoms with Crippen LogP contribution in [-0.2, 0) is 38.6 Å². The molecule has 274 valence electrons. The molecule has 0 unspecified atom stereocenters. The Bertz CT molecular complexity index is 2050. The van der Waals surface area contributed by atoms with Crippen LogP contribution in [0.4, 0.5) is 0 Å². The normalized spacial score (nSPS) is 18.5. The highest BCUT2D eigenvalue weighted by atomic mass is 16.5. The lowest BCUT2D eigenvalue weighted by atomic mass is 10.0. The monoisotopic (exact) mass is 720 g/mol. The Morgan fingerprint density at radius 3 is 2.32 bits per heavy atom. The average molecular weight is 721 g/mol. The van der Waals surface area contributed by atoms with Gasteiger partial charge in [0.05, 0.1) is 31.3 Å². The summed E-state index contributed by atoms with van der Waals surface area (Å²) in [6, 6.07) is 22.1. The van der Waals surface area contributed by atoms with E-state index in [-0.39, 0.29) is 44.3 Å². The van der Waals surface area contributed by atoms with Gasteiger partial charge in [-0.2, -0.15) is 5.10 Å². The third-order valence-corrected chi connectivity index (χ3v) is 8.54. The van der Waals surface area contributed by atoms with E-state index in [9.17, 15) is 24.3 Å². The van der Waals surface area contributed by atoms with Crippen LogP contribution in [0, 0.1) is 6.92 Å². The smallest absolute Gasteiger partial charge is 0.245 e. The van der Waals surface area contributed by atoms with Crippen molar-refractivity contribution in [2.24, 2.45) is 0 Å². The van der Waals surface area contributed by atoms with Gasteiger partial charge in [0.2, 0.25) is 29.5 Å². The molecule has 2 bridgehead atoms. The van der Waals surface area contributed by atoms with E-state index in [2.05, 4.69) is 36.3 Å². The van der Waals surface area contributed by atoms with Gasteiger partial charge in [-0.15, -0.1) is 0 Å². The maximum absolute atomic E-state index is 13.8. The van der Waals surface area contributed by atoms with Gasteiger partial charge in [0, 0.05) is 17.5 Å². The molecule has 0 spiro atoms. The second kappa shape index (κ2) is 16.8. The van der Waals surface area contributed by atoms with Gasteiger partial charge >= 0.3 is 0 Å². The van der Waals surface area contributed by atoms with Gasteiger partial charge in [-0.1, -0.05) is 60.7 Å². The van der Waals surface area contributed by atoms with Crippen LogP contribution >= 0.6 is 0 Å². The zero-order valence-electron chi connectivity index (χ0n) is 29.2. The van der Waals surface area contributed by atoms with Crippen molar-refractivity contribution >= 4 is 23.6 Å². The molecule has 0 fully saturated rings. The minimum Gasteiger partial charge on any atom is -0.492 e. The largest absolute Gasteiger partial charge is 0.492 e. The van der Waals surface area contributed by atoms with E-state index in [0.717, 1.165) is 5.56 Å². The number of nitrogens with one attached hydrogen (secondary N) is 4. The van der Waals surface area contributed by atoms with Gasteiger partial charge in [-0.3, -0.25) is 19.2 Å². The first-order valence-electron chi connectivity index (χ1n) is 17.2. The number of benzene rings is 3. The number of hydrogen-bond acceptors (Lipinski definition) is 10. The number of rotatable bonds is 6. The first kappa shape index (κ1) is 36.4. The van der Waals surface area contributed by atoms with Gasteiger partial charge in [0.15, 0.2) is 5.82 Å². The topological polar surface area (TPSA) is 203 Å². The number of fused-ring (bicyclic) bond motifs is 14. The minimum absolute atomic E-state index is 0.0580. The summed E-state index contributed by atoms with van der Waals surface area (Å²) in [6.07, 6.45) is -0.106. The van der Waals surface area contributed by atoms with E-state index in [1.165, 1.54) is 4.68 Å². The molecule has 0 saturated heterocycles. The van der Waals surface area contributed by atoms with E-state index in [4.69, 9.17) is 9.15 Å². The molecule has 0 saturated carbocycles. The number of carbonyl (C=O) groups is 4. The average Bonchev–Trinajstić information content (AvgIpc) is 3.75. The van der Waals surface area contributed by atoms with Crippen LogP contribution in [0.25, 0.3) is 22.8 Å². The number of aromatic nitrogens is 4. The standard InChI is InChI=1S/C38H40N8O7/c1-23-35-44-34(26-9-5-3-6-10-26)45-46(35)21-33(49)39-17-18-52-28-15-13-25(14-16-28)19-30(36(50)42-31(22-47)37(51)40-23)41-32(48)20-29-24(2)53-38(43-29)27-11-7-4-8-12-27/h3-16,23,30-31,47H,17-22H2,1-2H3,(H,39,49)(H,40,51)(H,41,48)(H,42,50)/t23-,30-,31-/m0/s1. The molecular formula is C38H40N8O7. The molecule has 2 aliphatic heterocycles. The Hall–Kier alpha value is -6.35. The Labute approximate surface area is 305 Å². The highest BCUT2D eigenvalue weighted by Gasteiger charge is 2.29. The third-order valence-electron chi connectivity index (χ3n) is 8.54. The lowest BCUT2D eigenvalue weighted by Gasteiger charge is -2.23. The number of oxazole rings is 1. The molecule has 3 aromatic carbocycles. The van der Waals surface area contributed by atoms with E-state index in [1.54, 1.807) is 38.1 Å². The fourth-order valence-corrected chi connectivity index (χ4v) is 5.76. The van der Waals surface area contributed by atoms with Gasteiger partial charge in [0.25, 0.3) is 0 Å². The molecule has 0 radical (unpaired) electrons. The highest BCUT2D eigenvalue weighted by Crippen LogP contribution is 2.22. The first-order valence-corrected chi connectivity index (χ1v) is 17.2. The summed E-state index contributed by atoms with van der Waals surface area (Å²) in [5.41, 5.74) is 2.57. The number of hydrogen-bond donors (Lipinski definition) is 5. The lowest BCUT2D eigenvalue weighted by Crippen LogP contribution is -2.56. The lowest BCUT2D eigenvalue weighted by molar-refractivity contribution is -0.132. The zero-order chi connectivity index (χ0) is 37.3. The van der Waals surface area contributed by atoms with Gasteiger partial charge in [-0.25, -0.2) is 14.6 Å². The molecule has 4 heterocycles. The minimum atomic E-state index is -1.38. The van der Waals surface area contributed by atoms with Gasteiger partial charge < -0.3 is 35.5 Å². The van der Waals surface area contributed by atoms with Crippen molar-refractivity contribution in [3.63, 3.8) is 0 Å². The molecule has 7 rings (SSSR count). The van der Waals surface area contributed by atoms with Crippen LogP contribution < -0.4 is 26.0 Å². The third kappa shape index (κ3) is 9.31. The molecule has 53 heavy (non-hydrogen) atoms. The van der Waals surface area contributed by atoms with Crippen LogP contribution in [0.2, 0.25) is 0 Å². The maximum Gasteiger partial charge on any atom is 0.245 e. The summed E-state index contributed by atoms with van der Waals surface area (Å²) < 4.78 is 13.0. The summed E-state index contributed by atoms with van der Waals surface area (Å²) in [5, 5.41) is 25.7. The Kier molecular flexibility index (Phi) is 11.5. The predicted molar refractivity (Wildman–Crippen MR) is 192 cm³/mol. The summed E-state index contributed by atoms with van der Waals surface area (Å²) >= 11 is 0. The predicted octanol–water partition coefficient (Wildman–Crippen LogP) is 2.04. The number of aliphatic hydroxyl groups is 1. The van der Waals surface area contributed by atoms with Crippen LogP contribution in [0.1, 0.15) is 35.8 Å². The van der Waals surface area contributed by atoms with Crippen molar-refractivity contribution in [3.8, 4) is 28.6 Å². The molecule has 3 atom stereocenters. The number of amides is 4. The number of ether oxygens (including phenoxy) is 1. The number of nitrogens with zero attached hydrogens (tertiary/aromatic N) is 4.